The van der Waals surface area contributed by atoms with E-state index in [4.69, 9.17) is 21.1 Å². The summed E-state index contributed by atoms with van der Waals surface area (Å²) in [4.78, 5) is 13.8. The third-order valence-corrected chi connectivity index (χ3v) is 2.29. The lowest BCUT2D eigenvalue weighted by Gasteiger charge is -2.14. The SMILES string of the molecule is COC(CNc1ncc([N+](=O)[O-])cc1Cl)OC. The van der Waals surface area contributed by atoms with Gasteiger partial charge in [0.05, 0.1) is 16.5 Å². The van der Waals surface area contributed by atoms with Gasteiger partial charge in [0, 0.05) is 20.3 Å². The molecule has 0 spiro atoms. The van der Waals surface area contributed by atoms with Crippen molar-refractivity contribution in [2.24, 2.45) is 0 Å². The zero-order chi connectivity index (χ0) is 12.8. The van der Waals surface area contributed by atoms with Crippen LogP contribution in [0.1, 0.15) is 0 Å². The van der Waals surface area contributed by atoms with Crippen molar-refractivity contribution in [1.82, 2.24) is 4.98 Å². The van der Waals surface area contributed by atoms with Crippen molar-refractivity contribution in [3.63, 3.8) is 0 Å². The molecule has 1 aromatic rings. The Balaban J connectivity index is 2.69. The van der Waals surface area contributed by atoms with Crippen LogP contribution < -0.4 is 5.32 Å². The molecule has 0 unspecified atom stereocenters. The van der Waals surface area contributed by atoms with E-state index in [-0.39, 0.29) is 10.7 Å². The number of anilines is 1. The summed E-state index contributed by atoms with van der Waals surface area (Å²) in [6.45, 7) is 0.331. The smallest absolute Gasteiger partial charge is 0.289 e. The summed E-state index contributed by atoms with van der Waals surface area (Å²) in [5.74, 6) is 0.344. The van der Waals surface area contributed by atoms with Crippen LogP contribution in [0, 0.1) is 10.1 Å². The van der Waals surface area contributed by atoms with Gasteiger partial charge in [-0.1, -0.05) is 11.6 Å². The quantitative estimate of drug-likeness (QED) is 0.476. The molecule has 7 nitrogen and oxygen atoms in total. The van der Waals surface area contributed by atoms with Crippen LogP contribution in [-0.2, 0) is 9.47 Å². The maximum absolute atomic E-state index is 10.5. The average molecular weight is 262 g/mol. The van der Waals surface area contributed by atoms with Gasteiger partial charge in [-0.2, -0.15) is 0 Å². The topological polar surface area (TPSA) is 86.5 Å². The number of nitro groups is 1. The molecular formula is C9H12ClN3O4. The summed E-state index contributed by atoms with van der Waals surface area (Å²) in [7, 11) is 3.00. The van der Waals surface area contributed by atoms with Gasteiger partial charge in [0.15, 0.2) is 6.29 Å². The van der Waals surface area contributed by atoms with Crippen LogP contribution in [0.5, 0.6) is 0 Å². The van der Waals surface area contributed by atoms with Crippen molar-refractivity contribution in [3.05, 3.63) is 27.4 Å². The molecule has 0 saturated heterocycles. The number of pyridine rings is 1. The first-order chi connectivity index (χ1) is 8.08. The number of rotatable bonds is 6. The standard InChI is InChI=1S/C9H12ClN3O4/c1-16-8(17-2)5-12-9-7(10)3-6(4-11-9)13(14)15/h3-4,8H,5H2,1-2H3,(H,11,12). The molecule has 0 atom stereocenters. The van der Waals surface area contributed by atoms with Crippen LogP contribution >= 0.6 is 11.6 Å². The van der Waals surface area contributed by atoms with Crippen LogP contribution in [-0.4, -0.2) is 37.0 Å². The molecule has 0 bridgehead atoms. The Bertz CT molecular complexity index is 398. The first-order valence-electron chi connectivity index (χ1n) is 4.68. The van der Waals surface area contributed by atoms with Gasteiger partial charge < -0.3 is 14.8 Å². The lowest BCUT2D eigenvalue weighted by atomic mass is 10.4. The van der Waals surface area contributed by atoms with Gasteiger partial charge in [0.1, 0.15) is 12.0 Å². The maximum atomic E-state index is 10.5. The summed E-state index contributed by atoms with van der Waals surface area (Å²) in [6.07, 6.45) is 0.686. The Hall–Kier alpha value is -1.44. The number of halogens is 1. The van der Waals surface area contributed by atoms with E-state index in [1.165, 1.54) is 20.3 Å². The Morgan fingerprint density at radius 2 is 2.24 bits per heavy atom. The molecule has 8 heteroatoms. The molecule has 0 amide bonds. The van der Waals surface area contributed by atoms with Gasteiger partial charge in [-0.05, 0) is 0 Å². The van der Waals surface area contributed by atoms with Crippen LogP contribution in [0.2, 0.25) is 5.02 Å². The first-order valence-corrected chi connectivity index (χ1v) is 5.05. The molecule has 0 fully saturated rings. The van der Waals surface area contributed by atoms with E-state index in [0.29, 0.717) is 12.4 Å². The summed E-state index contributed by atoms with van der Waals surface area (Å²) < 4.78 is 9.92. The highest BCUT2D eigenvalue weighted by Crippen LogP contribution is 2.23. The fourth-order valence-corrected chi connectivity index (χ4v) is 1.33. The minimum Gasteiger partial charge on any atom is -0.364 e. The van der Waals surface area contributed by atoms with Crippen molar-refractivity contribution in [2.45, 2.75) is 6.29 Å². The van der Waals surface area contributed by atoms with E-state index in [9.17, 15) is 10.1 Å². The normalized spacial score (nSPS) is 10.6. The highest BCUT2D eigenvalue weighted by atomic mass is 35.5. The largest absolute Gasteiger partial charge is 0.364 e. The minimum absolute atomic E-state index is 0.157. The molecule has 0 aromatic carbocycles. The minimum atomic E-state index is -0.560. The van der Waals surface area contributed by atoms with Gasteiger partial charge in [-0.3, -0.25) is 10.1 Å². The average Bonchev–Trinajstić information content (AvgIpc) is 2.31. The lowest BCUT2D eigenvalue weighted by molar-refractivity contribution is -0.385. The van der Waals surface area contributed by atoms with E-state index >= 15 is 0 Å². The zero-order valence-corrected chi connectivity index (χ0v) is 10.1. The second-order valence-electron chi connectivity index (χ2n) is 3.06. The summed E-state index contributed by atoms with van der Waals surface area (Å²) in [5.41, 5.74) is -0.157. The van der Waals surface area contributed by atoms with Gasteiger partial charge in [-0.15, -0.1) is 0 Å². The fraction of sp³-hybridized carbons (Fsp3) is 0.444. The summed E-state index contributed by atoms with van der Waals surface area (Å²) in [5, 5.41) is 13.5. The van der Waals surface area contributed by atoms with Gasteiger partial charge >= 0.3 is 0 Å². The van der Waals surface area contributed by atoms with Crippen molar-refractivity contribution in [2.75, 3.05) is 26.1 Å². The molecule has 0 saturated carbocycles. The van der Waals surface area contributed by atoms with Crippen molar-refractivity contribution >= 4 is 23.1 Å². The highest BCUT2D eigenvalue weighted by Gasteiger charge is 2.12. The monoisotopic (exact) mass is 261 g/mol. The molecule has 0 radical (unpaired) electrons. The molecule has 0 aliphatic heterocycles. The van der Waals surface area contributed by atoms with Gasteiger partial charge in [-0.25, -0.2) is 4.98 Å². The molecule has 0 aliphatic rings. The zero-order valence-electron chi connectivity index (χ0n) is 9.34. The molecular weight excluding hydrogens is 250 g/mol. The Morgan fingerprint density at radius 3 is 2.71 bits per heavy atom. The fourth-order valence-electron chi connectivity index (χ4n) is 1.10. The number of hydrogen-bond acceptors (Lipinski definition) is 6. The van der Waals surface area contributed by atoms with Crippen LogP contribution in [0.3, 0.4) is 0 Å². The molecule has 94 valence electrons. The van der Waals surface area contributed by atoms with Gasteiger partial charge in [0.2, 0.25) is 0 Å². The van der Waals surface area contributed by atoms with Crippen LogP contribution in [0.4, 0.5) is 11.5 Å². The highest BCUT2D eigenvalue weighted by molar-refractivity contribution is 6.33. The maximum Gasteiger partial charge on any atom is 0.289 e. The summed E-state index contributed by atoms with van der Waals surface area (Å²) in [6, 6.07) is 1.23. The number of methoxy groups -OCH3 is 2. The van der Waals surface area contributed by atoms with Crippen molar-refractivity contribution in [1.29, 1.82) is 0 Å². The molecule has 0 aliphatic carbocycles. The van der Waals surface area contributed by atoms with E-state index in [1.54, 1.807) is 0 Å². The van der Waals surface area contributed by atoms with Gasteiger partial charge in [0.25, 0.3) is 5.69 Å². The predicted octanol–water partition coefficient (Wildman–Crippen LogP) is 1.67. The Morgan fingerprint density at radius 1 is 1.59 bits per heavy atom. The molecule has 1 N–H and O–H groups in total. The third kappa shape index (κ3) is 3.81. The Kier molecular flexibility index (Phi) is 5.08. The number of aromatic nitrogens is 1. The lowest BCUT2D eigenvalue weighted by Crippen LogP contribution is -2.24. The Labute approximate surface area is 103 Å². The summed E-state index contributed by atoms with van der Waals surface area (Å²) >= 11 is 5.83. The van der Waals surface area contributed by atoms with E-state index in [1.807, 2.05) is 0 Å². The van der Waals surface area contributed by atoms with E-state index < -0.39 is 11.2 Å². The second kappa shape index (κ2) is 6.33. The predicted molar refractivity (Wildman–Crippen MR) is 62.2 cm³/mol. The van der Waals surface area contributed by atoms with E-state index in [2.05, 4.69) is 10.3 Å². The van der Waals surface area contributed by atoms with E-state index in [0.717, 1.165) is 6.20 Å². The molecule has 1 heterocycles. The molecule has 1 aromatic heterocycles. The van der Waals surface area contributed by atoms with Crippen molar-refractivity contribution in [3.8, 4) is 0 Å². The van der Waals surface area contributed by atoms with Crippen LogP contribution in [0.25, 0.3) is 0 Å². The molecule has 1 rings (SSSR count). The first kappa shape index (κ1) is 13.6. The number of ether oxygens (including phenoxy) is 2. The molecule has 17 heavy (non-hydrogen) atoms. The third-order valence-electron chi connectivity index (χ3n) is 2.00. The van der Waals surface area contributed by atoms with Crippen molar-refractivity contribution < 1.29 is 14.4 Å². The second-order valence-corrected chi connectivity index (χ2v) is 3.47. The van der Waals surface area contributed by atoms with Crippen LogP contribution in [0.15, 0.2) is 12.3 Å². The number of nitrogens with zero attached hydrogens (tertiary/aromatic N) is 2. The number of nitrogens with one attached hydrogen (secondary N) is 1. The number of hydrogen-bond donors (Lipinski definition) is 1.